The first-order valence-corrected chi connectivity index (χ1v) is 10.5. The molecule has 1 N–H and O–H groups in total. The van der Waals surface area contributed by atoms with Crippen LogP contribution in [0.1, 0.15) is 18.2 Å². The van der Waals surface area contributed by atoms with Crippen molar-refractivity contribution in [2.75, 3.05) is 13.7 Å². The maximum atomic E-state index is 12.3. The molecule has 1 aromatic heterocycles. The molecule has 7 heteroatoms. The van der Waals surface area contributed by atoms with Crippen LogP contribution < -0.4 is 14.8 Å². The molecule has 1 atom stereocenters. The molecule has 0 bridgehead atoms. The number of methoxy groups -OCH3 is 1. The van der Waals surface area contributed by atoms with E-state index in [0.717, 1.165) is 27.6 Å². The number of amides is 1. The van der Waals surface area contributed by atoms with Gasteiger partial charge in [-0.25, -0.2) is 4.98 Å². The Labute approximate surface area is 179 Å². The Balaban J connectivity index is 1.48. The number of thiazole rings is 1. The first-order chi connectivity index (χ1) is 14.0. The summed E-state index contributed by atoms with van der Waals surface area (Å²) in [5, 5.41) is 6.54. The van der Waals surface area contributed by atoms with Crippen molar-refractivity contribution in [3.05, 3.63) is 64.1 Å². The van der Waals surface area contributed by atoms with Crippen LogP contribution in [0.4, 0.5) is 0 Å². The van der Waals surface area contributed by atoms with E-state index in [0.29, 0.717) is 23.7 Å². The lowest BCUT2D eigenvalue weighted by atomic mass is 10.2. The molecule has 29 heavy (non-hydrogen) atoms. The molecule has 0 saturated heterocycles. The first-order valence-electron chi connectivity index (χ1n) is 9.25. The molecular weight excluding hydrogens is 408 g/mol. The number of benzene rings is 2. The Morgan fingerprint density at radius 2 is 1.93 bits per heavy atom. The number of carbonyl (C=O) groups excluding carboxylic acids is 1. The van der Waals surface area contributed by atoms with Gasteiger partial charge in [0.1, 0.15) is 16.5 Å². The maximum absolute atomic E-state index is 12.3. The van der Waals surface area contributed by atoms with Gasteiger partial charge in [-0.3, -0.25) is 4.79 Å². The molecule has 1 amide bonds. The fourth-order valence-corrected chi connectivity index (χ4v) is 3.67. The molecule has 5 nitrogen and oxygen atoms in total. The number of hydrogen-bond acceptors (Lipinski definition) is 5. The minimum absolute atomic E-state index is 0.164. The van der Waals surface area contributed by atoms with Crippen LogP contribution in [0.3, 0.4) is 0 Å². The van der Waals surface area contributed by atoms with Crippen LogP contribution in [0.25, 0.3) is 10.6 Å². The predicted octanol–water partition coefficient (Wildman–Crippen LogP) is 4.91. The molecule has 0 aliphatic rings. The van der Waals surface area contributed by atoms with E-state index >= 15 is 0 Å². The SMILES string of the molecule is COc1ccc(-c2nc(CCNC(=O)[C@H](C)Oc3ccc(Cl)c(C)c3)cs2)cc1. The van der Waals surface area contributed by atoms with Crippen molar-refractivity contribution in [2.24, 2.45) is 0 Å². The summed E-state index contributed by atoms with van der Waals surface area (Å²) in [6.45, 7) is 4.12. The van der Waals surface area contributed by atoms with Gasteiger partial charge in [-0.05, 0) is 61.9 Å². The fraction of sp³-hybridized carbons (Fsp3) is 0.273. The van der Waals surface area contributed by atoms with Gasteiger partial charge in [0.05, 0.1) is 12.8 Å². The van der Waals surface area contributed by atoms with Gasteiger partial charge in [0.25, 0.3) is 5.91 Å². The Kier molecular flexibility index (Phi) is 7.12. The van der Waals surface area contributed by atoms with E-state index in [-0.39, 0.29) is 5.91 Å². The standard InChI is InChI=1S/C22H23ClN2O3S/c1-14-12-19(8-9-20(14)23)28-15(2)21(26)24-11-10-17-13-29-22(25-17)16-4-6-18(27-3)7-5-16/h4-9,12-13,15H,10-11H2,1-3H3,(H,24,26)/t15-/m0/s1. The average molecular weight is 431 g/mol. The lowest BCUT2D eigenvalue weighted by Gasteiger charge is -2.15. The number of aryl methyl sites for hydroxylation is 1. The largest absolute Gasteiger partial charge is 0.497 e. The maximum Gasteiger partial charge on any atom is 0.260 e. The van der Waals surface area contributed by atoms with Crippen LogP contribution in [0.5, 0.6) is 11.5 Å². The lowest BCUT2D eigenvalue weighted by molar-refractivity contribution is -0.127. The summed E-state index contributed by atoms with van der Waals surface area (Å²) in [5.74, 6) is 1.28. The second kappa shape index (κ2) is 9.76. The highest BCUT2D eigenvalue weighted by atomic mass is 35.5. The van der Waals surface area contributed by atoms with Crippen molar-refractivity contribution < 1.29 is 14.3 Å². The van der Waals surface area contributed by atoms with Crippen molar-refractivity contribution >= 4 is 28.8 Å². The zero-order valence-electron chi connectivity index (χ0n) is 16.6. The number of nitrogens with zero attached hydrogens (tertiary/aromatic N) is 1. The third-order valence-corrected chi connectivity index (χ3v) is 5.74. The number of halogens is 1. The second-order valence-corrected chi connectivity index (χ2v) is 7.85. The fourth-order valence-electron chi connectivity index (χ4n) is 2.69. The van der Waals surface area contributed by atoms with Gasteiger partial charge in [0, 0.05) is 28.9 Å². The Hall–Kier alpha value is -2.57. The highest BCUT2D eigenvalue weighted by Gasteiger charge is 2.15. The minimum atomic E-state index is -0.596. The van der Waals surface area contributed by atoms with Gasteiger partial charge < -0.3 is 14.8 Å². The van der Waals surface area contributed by atoms with Crippen LogP contribution in [-0.2, 0) is 11.2 Å². The Morgan fingerprint density at radius 1 is 1.21 bits per heavy atom. The Bertz CT molecular complexity index is 972. The summed E-state index contributed by atoms with van der Waals surface area (Å²) in [7, 11) is 1.65. The third kappa shape index (κ3) is 5.71. The van der Waals surface area contributed by atoms with Crippen LogP contribution in [0, 0.1) is 6.92 Å². The van der Waals surface area contributed by atoms with Crippen LogP contribution in [0.15, 0.2) is 47.8 Å². The van der Waals surface area contributed by atoms with Gasteiger partial charge in [-0.1, -0.05) is 11.6 Å². The summed E-state index contributed by atoms with van der Waals surface area (Å²) in [5.41, 5.74) is 2.90. The summed E-state index contributed by atoms with van der Waals surface area (Å²) < 4.78 is 10.9. The molecular formula is C22H23ClN2O3S. The van der Waals surface area contributed by atoms with Gasteiger partial charge in [0.2, 0.25) is 0 Å². The van der Waals surface area contributed by atoms with E-state index in [1.807, 2.05) is 42.6 Å². The molecule has 1 heterocycles. The summed E-state index contributed by atoms with van der Waals surface area (Å²) in [6, 6.07) is 13.2. The highest BCUT2D eigenvalue weighted by molar-refractivity contribution is 7.13. The van der Waals surface area contributed by atoms with Crippen LogP contribution in [0.2, 0.25) is 5.02 Å². The van der Waals surface area contributed by atoms with Crippen molar-refractivity contribution in [1.29, 1.82) is 0 Å². The van der Waals surface area contributed by atoms with E-state index in [4.69, 9.17) is 21.1 Å². The second-order valence-electron chi connectivity index (χ2n) is 6.58. The van der Waals surface area contributed by atoms with Crippen LogP contribution >= 0.6 is 22.9 Å². The molecule has 0 fully saturated rings. The van der Waals surface area contributed by atoms with Crippen molar-refractivity contribution in [3.63, 3.8) is 0 Å². The molecule has 2 aromatic carbocycles. The zero-order valence-corrected chi connectivity index (χ0v) is 18.1. The van der Waals surface area contributed by atoms with Gasteiger partial charge in [-0.15, -0.1) is 11.3 Å². The van der Waals surface area contributed by atoms with E-state index in [1.54, 1.807) is 37.5 Å². The topological polar surface area (TPSA) is 60.5 Å². The molecule has 3 rings (SSSR count). The lowest BCUT2D eigenvalue weighted by Crippen LogP contribution is -2.37. The Morgan fingerprint density at radius 3 is 2.62 bits per heavy atom. The van der Waals surface area contributed by atoms with Crippen LogP contribution in [-0.4, -0.2) is 30.6 Å². The third-order valence-electron chi connectivity index (χ3n) is 4.38. The quantitative estimate of drug-likeness (QED) is 0.551. The molecule has 0 aliphatic carbocycles. The number of ether oxygens (including phenoxy) is 2. The van der Waals surface area contributed by atoms with Gasteiger partial charge in [0.15, 0.2) is 6.10 Å². The molecule has 0 saturated carbocycles. The summed E-state index contributed by atoms with van der Waals surface area (Å²) >= 11 is 7.60. The van der Waals surface area contributed by atoms with Gasteiger partial charge in [-0.2, -0.15) is 0 Å². The normalized spacial score (nSPS) is 11.7. The molecule has 3 aromatic rings. The number of aromatic nitrogens is 1. The van der Waals surface area contributed by atoms with E-state index in [9.17, 15) is 4.79 Å². The smallest absolute Gasteiger partial charge is 0.260 e. The van der Waals surface area contributed by atoms with Crippen molar-refractivity contribution in [2.45, 2.75) is 26.4 Å². The number of carbonyl (C=O) groups is 1. The van der Waals surface area contributed by atoms with E-state index < -0.39 is 6.10 Å². The average Bonchev–Trinajstić information content (AvgIpc) is 3.19. The van der Waals surface area contributed by atoms with Crippen molar-refractivity contribution in [3.8, 4) is 22.1 Å². The summed E-state index contributed by atoms with van der Waals surface area (Å²) in [4.78, 5) is 16.9. The summed E-state index contributed by atoms with van der Waals surface area (Å²) in [6.07, 6.45) is 0.0615. The molecule has 0 unspecified atom stereocenters. The van der Waals surface area contributed by atoms with Gasteiger partial charge >= 0.3 is 0 Å². The monoisotopic (exact) mass is 430 g/mol. The highest BCUT2D eigenvalue weighted by Crippen LogP contribution is 2.26. The van der Waals surface area contributed by atoms with E-state index in [2.05, 4.69) is 10.3 Å². The first kappa shape index (κ1) is 21.1. The number of rotatable bonds is 8. The van der Waals surface area contributed by atoms with E-state index in [1.165, 1.54) is 0 Å². The number of nitrogens with one attached hydrogen (secondary N) is 1. The molecule has 0 spiro atoms. The number of hydrogen-bond donors (Lipinski definition) is 1. The predicted molar refractivity (Wildman–Crippen MR) is 117 cm³/mol. The molecule has 152 valence electrons. The zero-order chi connectivity index (χ0) is 20.8. The molecule has 0 aliphatic heterocycles. The van der Waals surface area contributed by atoms with Crippen molar-refractivity contribution in [1.82, 2.24) is 10.3 Å². The minimum Gasteiger partial charge on any atom is -0.497 e. The molecule has 0 radical (unpaired) electrons.